The maximum atomic E-state index is 11.7. The normalized spacial score (nSPS) is 40.9. The molecule has 0 aliphatic heterocycles. The molecule has 0 bridgehead atoms. The zero-order valence-electron chi connectivity index (χ0n) is 11.8. The van der Waals surface area contributed by atoms with Gasteiger partial charge in [-0.05, 0) is 49.9 Å². The summed E-state index contributed by atoms with van der Waals surface area (Å²) in [5.74, 6) is 0.174. The van der Waals surface area contributed by atoms with Gasteiger partial charge in [0, 0.05) is 6.26 Å². The monoisotopic (exact) mass is 274 g/mol. The zero-order chi connectivity index (χ0) is 13.6. The Bertz CT molecular complexity index is 413. The minimum atomic E-state index is -2.95. The zero-order valence-corrected chi connectivity index (χ0v) is 12.6. The summed E-state index contributed by atoms with van der Waals surface area (Å²) in [6, 6.07) is 0. The highest BCUT2D eigenvalue weighted by Gasteiger charge is 2.48. The maximum absolute atomic E-state index is 11.7. The molecule has 2 saturated carbocycles. The quantitative estimate of drug-likeness (QED) is 0.842. The smallest absolute Gasteiger partial charge is 0.150 e. The first-order valence-corrected chi connectivity index (χ1v) is 8.99. The molecule has 0 radical (unpaired) electrons. The third kappa shape index (κ3) is 2.90. The second-order valence-electron chi connectivity index (χ2n) is 7.26. The highest BCUT2D eigenvalue weighted by molar-refractivity contribution is 7.91. The van der Waals surface area contributed by atoms with Crippen LogP contribution >= 0.6 is 0 Å². The molecule has 2 fully saturated rings. The van der Waals surface area contributed by atoms with Crippen molar-refractivity contribution in [3.8, 4) is 0 Å². The van der Waals surface area contributed by atoms with Gasteiger partial charge in [0.05, 0.1) is 10.9 Å². The van der Waals surface area contributed by atoms with Gasteiger partial charge >= 0.3 is 0 Å². The Morgan fingerprint density at radius 3 is 2.33 bits per heavy atom. The Morgan fingerprint density at radius 1 is 1.17 bits per heavy atom. The van der Waals surface area contributed by atoms with Crippen molar-refractivity contribution in [3.63, 3.8) is 0 Å². The molecule has 3 unspecified atom stereocenters. The van der Waals surface area contributed by atoms with E-state index in [1.54, 1.807) is 0 Å². The van der Waals surface area contributed by atoms with Crippen LogP contribution < -0.4 is 0 Å². The highest BCUT2D eigenvalue weighted by atomic mass is 32.2. The SMILES string of the molecule is CC1(C)CCC(O)(C2CCCC(S(C)(=O)=O)C2)C1. The Morgan fingerprint density at radius 2 is 1.83 bits per heavy atom. The number of sulfone groups is 1. The van der Waals surface area contributed by atoms with Crippen molar-refractivity contribution in [1.29, 1.82) is 0 Å². The molecule has 18 heavy (non-hydrogen) atoms. The van der Waals surface area contributed by atoms with Crippen molar-refractivity contribution in [3.05, 3.63) is 0 Å². The first-order valence-electron chi connectivity index (χ1n) is 7.04. The first kappa shape index (κ1) is 14.3. The fraction of sp³-hybridized carbons (Fsp3) is 1.00. The average Bonchev–Trinajstić information content (AvgIpc) is 2.53. The molecule has 3 nitrogen and oxygen atoms in total. The van der Waals surface area contributed by atoms with E-state index in [2.05, 4.69) is 13.8 Å². The van der Waals surface area contributed by atoms with Crippen molar-refractivity contribution in [2.45, 2.75) is 69.6 Å². The van der Waals surface area contributed by atoms with Crippen LogP contribution in [0.4, 0.5) is 0 Å². The van der Waals surface area contributed by atoms with E-state index in [0.717, 1.165) is 38.5 Å². The number of aliphatic hydroxyl groups is 1. The van der Waals surface area contributed by atoms with Gasteiger partial charge < -0.3 is 5.11 Å². The Hall–Kier alpha value is -0.0900. The van der Waals surface area contributed by atoms with Gasteiger partial charge in [-0.1, -0.05) is 20.3 Å². The fourth-order valence-corrected chi connectivity index (χ4v) is 5.11. The van der Waals surface area contributed by atoms with Crippen LogP contribution in [0.3, 0.4) is 0 Å². The van der Waals surface area contributed by atoms with E-state index >= 15 is 0 Å². The summed E-state index contributed by atoms with van der Waals surface area (Å²) in [6.07, 6.45) is 7.39. The molecule has 2 rings (SSSR count). The topological polar surface area (TPSA) is 54.4 Å². The molecular formula is C14H26O3S. The van der Waals surface area contributed by atoms with E-state index < -0.39 is 15.4 Å². The first-order chi connectivity index (χ1) is 8.12. The lowest BCUT2D eigenvalue weighted by molar-refractivity contribution is -0.0336. The van der Waals surface area contributed by atoms with Crippen LogP contribution in [0.2, 0.25) is 0 Å². The summed E-state index contributed by atoms with van der Waals surface area (Å²) in [5.41, 5.74) is -0.417. The molecule has 0 aromatic carbocycles. The van der Waals surface area contributed by atoms with E-state index in [9.17, 15) is 13.5 Å². The predicted octanol–water partition coefficient (Wildman–Crippen LogP) is 2.53. The minimum Gasteiger partial charge on any atom is -0.390 e. The second-order valence-corrected chi connectivity index (χ2v) is 9.59. The van der Waals surface area contributed by atoms with Crippen LogP contribution in [0.5, 0.6) is 0 Å². The fourth-order valence-electron chi connectivity index (χ4n) is 3.93. The van der Waals surface area contributed by atoms with Crippen LogP contribution in [0.1, 0.15) is 58.8 Å². The van der Waals surface area contributed by atoms with Crippen LogP contribution in [0.25, 0.3) is 0 Å². The molecular weight excluding hydrogens is 248 g/mol. The molecule has 1 N–H and O–H groups in total. The number of rotatable bonds is 2. The van der Waals surface area contributed by atoms with Gasteiger partial charge in [0.15, 0.2) is 0 Å². The Labute approximate surface area is 111 Å². The second kappa shape index (κ2) is 4.48. The Balaban J connectivity index is 2.10. The van der Waals surface area contributed by atoms with Crippen LogP contribution in [-0.2, 0) is 9.84 Å². The lowest BCUT2D eigenvalue weighted by Crippen LogP contribution is -2.41. The van der Waals surface area contributed by atoms with Gasteiger partial charge in [-0.15, -0.1) is 0 Å². The van der Waals surface area contributed by atoms with Crippen LogP contribution in [0.15, 0.2) is 0 Å². The van der Waals surface area contributed by atoms with Crippen molar-refractivity contribution in [2.75, 3.05) is 6.26 Å². The molecule has 0 spiro atoms. The lowest BCUT2D eigenvalue weighted by atomic mass is 9.74. The summed E-state index contributed by atoms with van der Waals surface area (Å²) in [7, 11) is -2.95. The lowest BCUT2D eigenvalue weighted by Gasteiger charge is -2.39. The molecule has 0 aromatic rings. The van der Waals surface area contributed by atoms with Gasteiger partial charge in [-0.25, -0.2) is 8.42 Å². The average molecular weight is 274 g/mol. The molecule has 0 saturated heterocycles. The standard InChI is InChI=1S/C14H26O3S/c1-13(2)7-8-14(15,10-13)11-5-4-6-12(9-11)18(3,16)17/h11-12,15H,4-10H2,1-3H3. The molecule has 106 valence electrons. The van der Waals surface area contributed by atoms with Gasteiger partial charge in [0.2, 0.25) is 0 Å². The highest BCUT2D eigenvalue weighted by Crippen LogP contribution is 2.50. The summed E-state index contributed by atoms with van der Waals surface area (Å²) < 4.78 is 23.4. The minimum absolute atomic E-state index is 0.174. The van der Waals surface area contributed by atoms with Crippen molar-refractivity contribution < 1.29 is 13.5 Å². The predicted molar refractivity (Wildman–Crippen MR) is 73.2 cm³/mol. The van der Waals surface area contributed by atoms with E-state index in [4.69, 9.17) is 0 Å². The van der Waals surface area contributed by atoms with Crippen LogP contribution in [0, 0.1) is 11.3 Å². The molecule has 0 amide bonds. The van der Waals surface area contributed by atoms with E-state index in [1.165, 1.54) is 6.26 Å². The number of hydrogen-bond donors (Lipinski definition) is 1. The Kier molecular flexibility index (Phi) is 3.56. The number of hydrogen-bond acceptors (Lipinski definition) is 3. The molecule has 0 heterocycles. The molecule has 3 atom stereocenters. The molecule has 4 heteroatoms. The van der Waals surface area contributed by atoms with E-state index in [1.807, 2.05) is 0 Å². The molecule has 0 aromatic heterocycles. The van der Waals surface area contributed by atoms with Crippen LogP contribution in [-0.4, -0.2) is 30.6 Å². The maximum Gasteiger partial charge on any atom is 0.150 e. The van der Waals surface area contributed by atoms with Crippen molar-refractivity contribution >= 4 is 9.84 Å². The van der Waals surface area contributed by atoms with Gasteiger partial charge in [-0.3, -0.25) is 0 Å². The summed E-state index contributed by atoms with van der Waals surface area (Å²) in [4.78, 5) is 0. The van der Waals surface area contributed by atoms with Gasteiger partial charge in [0.1, 0.15) is 9.84 Å². The largest absolute Gasteiger partial charge is 0.390 e. The summed E-state index contributed by atoms with van der Waals surface area (Å²) in [6.45, 7) is 4.39. The van der Waals surface area contributed by atoms with E-state index in [0.29, 0.717) is 6.42 Å². The molecule has 2 aliphatic rings. The summed E-state index contributed by atoms with van der Waals surface area (Å²) >= 11 is 0. The molecule has 2 aliphatic carbocycles. The van der Waals surface area contributed by atoms with E-state index in [-0.39, 0.29) is 16.6 Å². The van der Waals surface area contributed by atoms with Gasteiger partial charge in [0.25, 0.3) is 0 Å². The van der Waals surface area contributed by atoms with Gasteiger partial charge in [-0.2, -0.15) is 0 Å². The summed E-state index contributed by atoms with van der Waals surface area (Å²) in [5, 5.41) is 10.6. The van der Waals surface area contributed by atoms with Crippen molar-refractivity contribution in [2.24, 2.45) is 11.3 Å². The third-order valence-electron chi connectivity index (χ3n) is 5.01. The third-order valence-corrected chi connectivity index (χ3v) is 6.65. The van der Waals surface area contributed by atoms with Crippen molar-refractivity contribution in [1.82, 2.24) is 0 Å².